The van der Waals surface area contributed by atoms with Gasteiger partial charge >= 0.3 is 11.9 Å². The number of carboxylic acids is 2. The number of amides is 1. The predicted octanol–water partition coefficient (Wildman–Crippen LogP) is 1.06. The highest BCUT2D eigenvalue weighted by atomic mass is 16.4. The first-order valence-electron chi connectivity index (χ1n) is 5.77. The first-order valence-corrected chi connectivity index (χ1v) is 5.77. The third-order valence-corrected chi connectivity index (χ3v) is 2.43. The third kappa shape index (κ3) is 5.24. The average Bonchev–Trinajstić information content (AvgIpc) is 2.85. The smallest absolute Gasteiger partial charge is 0.305 e. The van der Waals surface area contributed by atoms with E-state index in [2.05, 4.69) is 0 Å². The van der Waals surface area contributed by atoms with Gasteiger partial charge in [-0.2, -0.15) is 0 Å². The maximum atomic E-state index is 12.0. The minimum Gasteiger partial charge on any atom is -0.481 e. The summed E-state index contributed by atoms with van der Waals surface area (Å²) >= 11 is 0. The van der Waals surface area contributed by atoms with E-state index in [-0.39, 0.29) is 38.1 Å². The summed E-state index contributed by atoms with van der Waals surface area (Å²) in [5, 5.41) is 17.2. The second kappa shape index (κ2) is 7.20. The number of carbonyl (C=O) groups is 3. The molecule has 0 aliphatic heterocycles. The molecule has 0 unspecified atom stereocenters. The van der Waals surface area contributed by atoms with Crippen LogP contribution in [0.25, 0.3) is 0 Å². The second-order valence-corrected chi connectivity index (χ2v) is 3.91. The number of hydrogen-bond acceptors (Lipinski definition) is 4. The van der Waals surface area contributed by atoms with Crippen molar-refractivity contribution in [2.45, 2.75) is 19.3 Å². The number of carboxylic acid groups (broad SMARTS) is 2. The molecule has 1 aromatic rings. The van der Waals surface area contributed by atoms with E-state index in [9.17, 15) is 14.4 Å². The molecule has 0 fully saturated rings. The van der Waals surface area contributed by atoms with Crippen molar-refractivity contribution in [2.75, 3.05) is 13.1 Å². The van der Waals surface area contributed by atoms with Gasteiger partial charge in [-0.05, 0) is 18.6 Å². The molecule has 0 aliphatic rings. The molecule has 0 spiro atoms. The van der Waals surface area contributed by atoms with E-state index in [1.54, 1.807) is 6.07 Å². The molecule has 2 N–H and O–H groups in total. The Morgan fingerprint density at radius 1 is 1.11 bits per heavy atom. The molecule has 19 heavy (non-hydrogen) atoms. The Bertz CT molecular complexity index is 439. The molecular weight excluding hydrogens is 254 g/mol. The summed E-state index contributed by atoms with van der Waals surface area (Å²) in [7, 11) is 0. The standard InChI is InChI=1S/C12H15NO6/c14-10(15)4-1-6-13(7-5-11(16)17)12(18)9-3-2-8-19-9/h2-3,8H,1,4-7H2,(H,14,15)(H,16,17). The largest absolute Gasteiger partial charge is 0.481 e. The van der Waals surface area contributed by atoms with E-state index in [4.69, 9.17) is 14.6 Å². The minimum atomic E-state index is -1.02. The molecule has 1 aromatic heterocycles. The minimum absolute atomic E-state index is 0.0223. The number of aliphatic carboxylic acids is 2. The van der Waals surface area contributed by atoms with E-state index in [0.29, 0.717) is 0 Å². The van der Waals surface area contributed by atoms with E-state index in [1.165, 1.54) is 17.2 Å². The summed E-state index contributed by atoms with van der Waals surface area (Å²) in [5.41, 5.74) is 0. The Hall–Kier alpha value is -2.31. The second-order valence-electron chi connectivity index (χ2n) is 3.91. The quantitative estimate of drug-likeness (QED) is 0.730. The van der Waals surface area contributed by atoms with Crippen LogP contribution < -0.4 is 0 Å². The van der Waals surface area contributed by atoms with E-state index >= 15 is 0 Å². The van der Waals surface area contributed by atoms with Crippen molar-refractivity contribution in [1.82, 2.24) is 4.90 Å². The Balaban J connectivity index is 2.60. The van der Waals surface area contributed by atoms with Gasteiger partial charge in [0.2, 0.25) is 0 Å². The summed E-state index contributed by atoms with van der Waals surface area (Å²) in [6.07, 6.45) is 1.34. The summed E-state index contributed by atoms with van der Waals surface area (Å²) in [5.74, 6) is -2.29. The number of rotatable bonds is 8. The highest BCUT2D eigenvalue weighted by Crippen LogP contribution is 2.08. The zero-order chi connectivity index (χ0) is 14.3. The fourth-order valence-electron chi connectivity index (χ4n) is 1.52. The molecule has 0 atom stereocenters. The molecule has 7 nitrogen and oxygen atoms in total. The molecule has 0 bridgehead atoms. The van der Waals surface area contributed by atoms with Gasteiger partial charge in [0.1, 0.15) is 0 Å². The van der Waals surface area contributed by atoms with Crippen LogP contribution in [0.2, 0.25) is 0 Å². The number of nitrogens with zero attached hydrogens (tertiary/aromatic N) is 1. The van der Waals surface area contributed by atoms with Crippen molar-refractivity contribution in [3.05, 3.63) is 24.2 Å². The van der Waals surface area contributed by atoms with Gasteiger partial charge in [-0.1, -0.05) is 0 Å². The van der Waals surface area contributed by atoms with Crippen molar-refractivity contribution >= 4 is 17.8 Å². The fourth-order valence-corrected chi connectivity index (χ4v) is 1.52. The van der Waals surface area contributed by atoms with Gasteiger partial charge in [0, 0.05) is 19.5 Å². The first kappa shape index (κ1) is 14.7. The lowest BCUT2D eigenvalue weighted by molar-refractivity contribution is -0.138. The molecule has 0 aromatic carbocycles. The molecule has 104 valence electrons. The van der Waals surface area contributed by atoms with Gasteiger partial charge in [-0.25, -0.2) is 0 Å². The lowest BCUT2D eigenvalue weighted by Gasteiger charge is -2.20. The zero-order valence-electron chi connectivity index (χ0n) is 10.2. The van der Waals surface area contributed by atoms with Gasteiger partial charge in [0.05, 0.1) is 12.7 Å². The SMILES string of the molecule is O=C(O)CCCN(CCC(=O)O)C(=O)c1ccco1. The van der Waals surface area contributed by atoms with Gasteiger partial charge in [-0.3, -0.25) is 14.4 Å². The van der Waals surface area contributed by atoms with Crippen LogP contribution >= 0.6 is 0 Å². The van der Waals surface area contributed by atoms with Gasteiger partial charge in [0.25, 0.3) is 5.91 Å². The van der Waals surface area contributed by atoms with E-state index in [1.807, 2.05) is 0 Å². The average molecular weight is 269 g/mol. The van der Waals surface area contributed by atoms with Crippen molar-refractivity contribution < 1.29 is 29.0 Å². The van der Waals surface area contributed by atoms with Gasteiger partial charge in [-0.15, -0.1) is 0 Å². The highest BCUT2D eigenvalue weighted by molar-refractivity contribution is 5.91. The van der Waals surface area contributed by atoms with Crippen LogP contribution in [0.3, 0.4) is 0 Å². The number of furan rings is 1. The Morgan fingerprint density at radius 3 is 2.32 bits per heavy atom. The summed E-state index contributed by atoms with van der Waals surface area (Å²) in [4.78, 5) is 34.2. The van der Waals surface area contributed by atoms with E-state index in [0.717, 1.165) is 0 Å². The summed E-state index contributed by atoms with van der Waals surface area (Å²) in [6, 6.07) is 3.03. The van der Waals surface area contributed by atoms with Crippen LogP contribution in [0.4, 0.5) is 0 Å². The highest BCUT2D eigenvalue weighted by Gasteiger charge is 2.19. The van der Waals surface area contributed by atoms with Crippen LogP contribution in [-0.4, -0.2) is 46.0 Å². The van der Waals surface area contributed by atoms with Crippen LogP contribution in [0.5, 0.6) is 0 Å². The summed E-state index contributed by atoms with van der Waals surface area (Å²) in [6.45, 7) is 0.202. The maximum Gasteiger partial charge on any atom is 0.305 e. The Kier molecular flexibility index (Phi) is 5.59. The van der Waals surface area contributed by atoms with Crippen LogP contribution in [0, 0.1) is 0 Å². The molecular formula is C12H15NO6. The molecule has 1 amide bonds. The van der Waals surface area contributed by atoms with Crippen molar-refractivity contribution in [3.8, 4) is 0 Å². The number of hydrogen-bond donors (Lipinski definition) is 2. The fraction of sp³-hybridized carbons (Fsp3) is 0.417. The van der Waals surface area contributed by atoms with Crippen LogP contribution in [0.15, 0.2) is 22.8 Å². The normalized spacial score (nSPS) is 10.1. The molecule has 1 heterocycles. The monoisotopic (exact) mass is 269 g/mol. The first-order chi connectivity index (χ1) is 9.00. The van der Waals surface area contributed by atoms with Crippen molar-refractivity contribution in [2.24, 2.45) is 0 Å². The Labute approximate surface area is 109 Å². The van der Waals surface area contributed by atoms with Gasteiger partial charge in [0.15, 0.2) is 5.76 Å². The third-order valence-electron chi connectivity index (χ3n) is 2.43. The molecule has 7 heteroatoms. The molecule has 1 rings (SSSR count). The lowest BCUT2D eigenvalue weighted by atomic mass is 10.2. The topological polar surface area (TPSA) is 108 Å². The lowest BCUT2D eigenvalue weighted by Crippen LogP contribution is -2.34. The number of carbonyl (C=O) groups excluding carboxylic acids is 1. The molecule has 0 saturated heterocycles. The molecule has 0 aliphatic carbocycles. The van der Waals surface area contributed by atoms with Crippen LogP contribution in [0.1, 0.15) is 29.8 Å². The Morgan fingerprint density at radius 2 is 1.79 bits per heavy atom. The van der Waals surface area contributed by atoms with Gasteiger partial charge < -0.3 is 19.5 Å². The van der Waals surface area contributed by atoms with Crippen LogP contribution in [-0.2, 0) is 9.59 Å². The maximum absolute atomic E-state index is 12.0. The predicted molar refractivity (Wildman–Crippen MR) is 63.7 cm³/mol. The van der Waals surface area contributed by atoms with E-state index < -0.39 is 17.8 Å². The van der Waals surface area contributed by atoms with Crippen molar-refractivity contribution in [3.63, 3.8) is 0 Å². The zero-order valence-corrected chi connectivity index (χ0v) is 10.2. The summed E-state index contributed by atoms with van der Waals surface area (Å²) < 4.78 is 4.96. The van der Waals surface area contributed by atoms with Crippen molar-refractivity contribution in [1.29, 1.82) is 0 Å². The molecule has 0 radical (unpaired) electrons. The molecule has 0 saturated carbocycles.